The number of likely N-dealkylation sites (N-methyl/N-ethyl adjacent to an activating group) is 1. The summed E-state index contributed by atoms with van der Waals surface area (Å²) in [6, 6.07) is 11.2. The molecule has 6 rings (SSSR count). The number of aromatic nitrogens is 4. The molecule has 0 spiro atoms. The molecule has 0 aliphatic carbocycles. The Morgan fingerprint density at radius 3 is 2.21 bits per heavy atom. The van der Waals surface area contributed by atoms with Gasteiger partial charge in [0, 0.05) is 75.8 Å². The number of nitrogens with zero attached hydrogens (tertiary/aromatic N) is 5. The number of imidazole rings is 2. The van der Waals surface area contributed by atoms with E-state index in [4.69, 9.17) is 11.6 Å². The van der Waals surface area contributed by atoms with Crippen LogP contribution in [0.1, 0.15) is 56.5 Å². The van der Waals surface area contributed by atoms with Crippen LogP contribution in [0, 0.1) is 6.92 Å². The standard InChI is InChI=1S/C31H35ClN8O2/c1-5-40-15-13-26-24(17-40)35-29(39(26)4)31(42)37-22-11-7-9-20(27(22)32)19-8-6-10-21(18(19)2)36-30(41)28-34-23-16-33-14-12-25(23)38(28)3/h6-11,33H,5,12-17H2,1-4H3,(H,36,41)(H,37,42). The summed E-state index contributed by atoms with van der Waals surface area (Å²) in [6.07, 6.45) is 1.70. The molecular formula is C31H35ClN8O2. The minimum absolute atomic E-state index is 0.265. The molecule has 4 aromatic rings. The minimum atomic E-state index is -0.306. The van der Waals surface area contributed by atoms with Crippen LogP contribution in [-0.4, -0.2) is 55.5 Å². The molecule has 0 radical (unpaired) electrons. The van der Waals surface area contributed by atoms with E-state index < -0.39 is 0 Å². The first-order valence-corrected chi connectivity index (χ1v) is 14.7. The third kappa shape index (κ3) is 4.99. The maximum Gasteiger partial charge on any atom is 0.291 e. The number of nitrogens with one attached hydrogen (secondary N) is 3. The molecule has 0 saturated heterocycles. The SMILES string of the molecule is CCN1CCc2c(nc(C(=O)Nc3cccc(-c4cccc(NC(=O)c5nc6c(n5C)CCNC6)c4C)c3Cl)n2C)C1. The van der Waals surface area contributed by atoms with E-state index in [2.05, 4.69) is 37.7 Å². The molecular weight excluding hydrogens is 552 g/mol. The predicted octanol–water partition coefficient (Wildman–Crippen LogP) is 4.31. The fourth-order valence-corrected chi connectivity index (χ4v) is 6.25. The van der Waals surface area contributed by atoms with Gasteiger partial charge in [-0.2, -0.15) is 0 Å². The van der Waals surface area contributed by atoms with Crippen molar-refractivity contribution in [1.82, 2.24) is 29.3 Å². The van der Waals surface area contributed by atoms with E-state index >= 15 is 0 Å². The Labute approximate surface area is 250 Å². The number of rotatable bonds is 6. The van der Waals surface area contributed by atoms with Gasteiger partial charge >= 0.3 is 0 Å². The summed E-state index contributed by atoms with van der Waals surface area (Å²) in [5.41, 5.74) is 7.67. The van der Waals surface area contributed by atoms with Gasteiger partial charge in [-0.05, 0) is 36.7 Å². The van der Waals surface area contributed by atoms with Gasteiger partial charge in [-0.3, -0.25) is 14.5 Å². The highest BCUT2D eigenvalue weighted by atomic mass is 35.5. The predicted molar refractivity (Wildman–Crippen MR) is 164 cm³/mol. The normalized spacial score (nSPS) is 14.8. The number of amides is 2. The van der Waals surface area contributed by atoms with Crippen LogP contribution in [0.4, 0.5) is 11.4 Å². The highest BCUT2D eigenvalue weighted by Gasteiger charge is 2.26. The quantitative estimate of drug-likeness (QED) is 0.311. The number of carbonyl (C=O) groups excluding carboxylic acids is 2. The van der Waals surface area contributed by atoms with Gasteiger partial charge in [0.05, 0.1) is 22.1 Å². The molecule has 11 heteroatoms. The lowest BCUT2D eigenvalue weighted by atomic mass is 9.98. The van der Waals surface area contributed by atoms with E-state index in [0.717, 1.165) is 78.5 Å². The van der Waals surface area contributed by atoms with Crippen LogP contribution in [0.2, 0.25) is 5.02 Å². The molecule has 3 N–H and O–H groups in total. The average molecular weight is 587 g/mol. The Kier molecular flexibility index (Phi) is 7.61. The Morgan fingerprint density at radius 2 is 1.52 bits per heavy atom. The first-order chi connectivity index (χ1) is 20.3. The molecule has 42 heavy (non-hydrogen) atoms. The third-order valence-electron chi connectivity index (χ3n) is 8.43. The fraction of sp³-hybridized carbons (Fsp3) is 0.355. The number of carbonyl (C=O) groups is 2. The van der Waals surface area contributed by atoms with Gasteiger partial charge in [0.25, 0.3) is 11.8 Å². The van der Waals surface area contributed by atoms with Crippen LogP contribution in [0.15, 0.2) is 36.4 Å². The second-order valence-corrected chi connectivity index (χ2v) is 11.3. The lowest BCUT2D eigenvalue weighted by Crippen LogP contribution is -2.30. The zero-order valence-corrected chi connectivity index (χ0v) is 25.1. The largest absolute Gasteiger partial charge is 0.327 e. The van der Waals surface area contributed by atoms with E-state index in [-0.39, 0.29) is 11.8 Å². The molecule has 218 valence electrons. The van der Waals surface area contributed by atoms with Crippen molar-refractivity contribution < 1.29 is 9.59 Å². The molecule has 0 atom stereocenters. The number of hydrogen-bond acceptors (Lipinski definition) is 6. The lowest BCUT2D eigenvalue weighted by molar-refractivity contribution is 0.100. The fourth-order valence-electron chi connectivity index (χ4n) is 5.97. The second kappa shape index (κ2) is 11.4. The Bertz CT molecular complexity index is 1710. The first-order valence-electron chi connectivity index (χ1n) is 14.3. The van der Waals surface area contributed by atoms with Gasteiger partial charge in [-0.1, -0.05) is 42.8 Å². The number of hydrogen-bond donors (Lipinski definition) is 3. The molecule has 0 bridgehead atoms. The highest BCUT2D eigenvalue weighted by molar-refractivity contribution is 6.36. The van der Waals surface area contributed by atoms with Crippen LogP contribution in [0.5, 0.6) is 0 Å². The van der Waals surface area contributed by atoms with Gasteiger partial charge < -0.3 is 25.1 Å². The Hall–Kier alpha value is -3.99. The van der Waals surface area contributed by atoms with Crippen LogP contribution in [-0.2, 0) is 40.0 Å². The van der Waals surface area contributed by atoms with E-state index in [0.29, 0.717) is 34.6 Å². The summed E-state index contributed by atoms with van der Waals surface area (Å²) in [6.45, 7) is 8.26. The maximum atomic E-state index is 13.4. The number of fused-ring (bicyclic) bond motifs is 2. The van der Waals surface area contributed by atoms with E-state index in [1.54, 1.807) is 6.07 Å². The van der Waals surface area contributed by atoms with Crippen molar-refractivity contribution in [3.8, 4) is 11.1 Å². The highest BCUT2D eigenvalue weighted by Crippen LogP contribution is 2.37. The molecule has 10 nitrogen and oxygen atoms in total. The van der Waals surface area contributed by atoms with Gasteiger partial charge in [0.1, 0.15) is 0 Å². The molecule has 0 fully saturated rings. The number of benzene rings is 2. The van der Waals surface area contributed by atoms with Crippen molar-refractivity contribution in [3.63, 3.8) is 0 Å². The zero-order chi connectivity index (χ0) is 29.5. The van der Waals surface area contributed by atoms with E-state index in [9.17, 15) is 9.59 Å². The summed E-state index contributed by atoms with van der Waals surface area (Å²) in [7, 11) is 3.77. The summed E-state index contributed by atoms with van der Waals surface area (Å²) < 4.78 is 3.77. The second-order valence-electron chi connectivity index (χ2n) is 10.9. The maximum absolute atomic E-state index is 13.4. The molecule has 2 aliphatic rings. The molecule has 4 heterocycles. The molecule has 0 unspecified atom stereocenters. The third-order valence-corrected chi connectivity index (χ3v) is 8.84. The summed E-state index contributed by atoms with van der Waals surface area (Å²) in [5, 5.41) is 9.73. The van der Waals surface area contributed by atoms with E-state index in [1.807, 2.05) is 60.5 Å². The minimum Gasteiger partial charge on any atom is -0.327 e. The lowest BCUT2D eigenvalue weighted by Gasteiger charge is -2.24. The van der Waals surface area contributed by atoms with Crippen molar-refractivity contribution in [3.05, 3.63) is 81.4 Å². The molecule has 2 aromatic carbocycles. The van der Waals surface area contributed by atoms with Crippen LogP contribution in [0.25, 0.3) is 11.1 Å². The smallest absolute Gasteiger partial charge is 0.291 e. The van der Waals surface area contributed by atoms with Gasteiger partial charge in [-0.15, -0.1) is 0 Å². The van der Waals surface area contributed by atoms with Crippen molar-refractivity contribution >= 4 is 34.8 Å². The monoisotopic (exact) mass is 586 g/mol. The summed E-state index contributed by atoms with van der Waals surface area (Å²) >= 11 is 6.90. The van der Waals surface area contributed by atoms with Gasteiger partial charge in [0.15, 0.2) is 11.6 Å². The number of halogens is 1. The molecule has 0 saturated carbocycles. The van der Waals surface area contributed by atoms with Crippen LogP contribution < -0.4 is 16.0 Å². The zero-order valence-electron chi connectivity index (χ0n) is 24.3. The van der Waals surface area contributed by atoms with E-state index in [1.165, 1.54) is 0 Å². The van der Waals surface area contributed by atoms with Crippen molar-refractivity contribution in [2.24, 2.45) is 14.1 Å². The van der Waals surface area contributed by atoms with Crippen molar-refractivity contribution in [2.75, 3.05) is 30.3 Å². The van der Waals surface area contributed by atoms with Crippen molar-refractivity contribution in [2.45, 2.75) is 39.8 Å². The summed E-state index contributed by atoms with van der Waals surface area (Å²) in [4.78, 5) is 38.2. The Balaban J connectivity index is 1.24. The van der Waals surface area contributed by atoms with Crippen LogP contribution in [0.3, 0.4) is 0 Å². The average Bonchev–Trinajstić information content (AvgIpc) is 3.51. The molecule has 2 aliphatic heterocycles. The summed E-state index contributed by atoms with van der Waals surface area (Å²) in [5.74, 6) is 0.181. The number of anilines is 2. The molecule has 2 amide bonds. The van der Waals surface area contributed by atoms with Gasteiger partial charge in [0.2, 0.25) is 0 Å². The Morgan fingerprint density at radius 1 is 0.905 bits per heavy atom. The van der Waals surface area contributed by atoms with Crippen molar-refractivity contribution in [1.29, 1.82) is 0 Å². The van der Waals surface area contributed by atoms with Crippen LogP contribution >= 0.6 is 11.6 Å². The first kappa shape index (κ1) is 28.1. The topological polar surface area (TPSA) is 109 Å². The van der Waals surface area contributed by atoms with Gasteiger partial charge in [-0.25, -0.2) is 9.97 Å². The molecule has 2 aromatic heterocycles.